The lowest BCUT2D eigenvalue weighted by molar-refractivity contribution is -0.139. The second-order valence-electron chi connectivity index (χ2n) is 5.55. The maximum absolute atomic E-state index is 12.6. The number of aliphatic carboxylic acids is 1. The molecule has 138 valence electrons. The second kappa shape index (κ2) is 9.10. The molecular formula is C19H20ClNO5. The Labute approximate surface area is 156 Å². The molecule has 0 spiro atoms. The van der Waals surface area contributed by atoms with Gasteiger partial charge >= 0.3 is 5.97 Å². The van der Waals surface area contributed by atoms with Crippen molar-refractivity contribution in [1.29, 1.82) is 0 Å². The zero-order valence-electron chi connectivity index (χ0n) is 14.5. The van der Waals surface area contributed by atoms with E-state index >= 15 is 0 Å². The average Bonchev–Trinajstić information content (AvgIpc) is 2.62. The Kier molecular flexibility index (Phi) is 6.86. The van der Waals surface area contributed by atoms with Crippen LogP contribution in [-0.4, -0.2) is 30.7 Å². The van der Waals surface area contributed by atoms with Crippen molar-refractivity contribution in [3.05, 3.63) is 53.1 Å². The lowest BCUT2D eigenvalue weighted by Crippen LogP contribution is -2.20. The van der Waals surface area contributed by atoms with Crippen LogP contribution in [0.1, 0.15) is 24.8 Å². The highest BCUT2D eigenvalue weighted by Crippen LogP contribution is 2.29. The number of methoxy groups -OCH3 is 1. The molecule has 0 aliphatic heterocycles. The van der Waals surface area contributed by atoms with Crippen LogP contribution in [0.15, 0.2) is 42.5 Å². The summed E-state index contributed by atoms with van der Waals surface area (Å²) in [5.74, 6) is -0.596. The molecule has 0 aliphatic carbocycles. The van der Waals surface area contributed by atoms with Crippen LogP contribution < -0.4 is 14.8 Å². The summed E-state index contributed by atoms with van der Waals surface area (Å²) in [5, 5.41) is 11.7. The number of halogens is 1. The quantitative estimate of drug-likeness (QED) is 0.727. The van der Waals surface area contributed by atoms with E-state index < -0.39 is 12.6 Å². The van der Waals surface area contributed by atoms with Gasteiger partial charge in [-0.2, -0.15) is 0 Å². The zero-order valence-corrected chi connectivity index (χ0v) is 15.2. The number of carbonyl (C=O) groups excluding carboxylic acids is 1. The number of anilines is 1. The first-order valence-electron chi connectivity index (χ1n) is 8.03. The van der Waals surface area contributed by atoms with Crippen LogP contribution in [0.2, 0.25) is 5.02 Å². The first-order chi connectivity index (χ1) is 12.4. The van der Waals surface area contributed by atoms with E-state index in [1.807, 2.05) is 31.2 Å². The molecule has 7 heteroatoms. The standard InChI is InChI=1S/C19H20ClNO5/c1-3-15(12-4-7-14(25-2)8-5-12)19(24)21-13-6-9-17(16(20)10-13)26-11-18(22)23/h4-10,15H,3,11H2,1-2H3,(H,21,24)(H,22,23). The molecule has 6 nitrogen and oxygen atoms in total. The first kappa shape index (κ1) is 19.6. The van der Waals surface area contributed by atoms with Crippen molar-refractivity contribution >= 4 is 29.2 Å². The van der Waals surface area contributed by atoms with Crippen molar-refractivity contribution in [1.82, 2.24) is 0 Å². The van der Waals surface area contributed by atoms with E-state index in [1.165, 1.54) is 12.1 Å². The molecule has 0 aliphatic rings. The van der Waals surface area contributed by atoms with Crippen LogP contribution in [0.25, 0.3) is 0 Å². The Morgan fingerprint density at radius 2 is 1.88 bits per heavy atom. The van der Waals surface area contributed by atoms with Gasteiger partial charge in [0.15, 0.2) is 6.61 Å². The monoisotopic (exact) mass is 377 g/mol. The maximum Gasteiger partial charge on any atom is 0.341 e. The van der Waals surface area contributed by atoms with Crippen LogP contribution in [0.3, 0.4) is 0 Å². The number of benzene rings is 2. The molecule has 1 atom stereocenters. The topological polar surface area (TPSA) is 84.9 Å². The summed E-state index contributed by atoms with van der Waals surface area (Å²) in [5.41, 5.74) is 1.40. The van der Waals surface area contributed by atoms with Gasteiger partial charge in [0, 0.05) is 5.69 Å². The van der Waals surface area contributed by atoms with E-state index in [-0.39, 0.29) is 22.6 Å². The fourth-order valence-corrected chi connectivity index (χ4v) is 2.71. The maximum atomic E-state index is 12.6. The van der Waals surface area contributed by atoms with Gasteiger partial charge in [-0.05, 0) is 42.3 Å². The Balaban J connectivity index is 2.09. The molecule has 2 N–H and O–H groups in total. The number of hydrogen-bond acceptors (Lipinski definition) is 4. The first-order valence-corrected chi connectivity index (χ1v) is 8.41. The Morgan fingerprint density at radius 3 is 2.42 bits per heavy atom. The molecule has 0 aromatic heterocycles. The molecule has 0 saturated heterocycles. The minimum atomic E-state index is -1.09. The SMILES string of the molecule is CCC(C(=O)Nc1ccc(OCC(=O)O)c(Cl)c1)c1ccc(OC)cc1. The van der Waals surface area contributed by atoms with Gasteiger partial charge in [-0.3, -0.25) is 4.79 Å². The number of ether oxygens (including phenoxy) is 2. The van der Waals surface area contributed by atoms with Gasteiger partial charge in [0.2, 0.25) is 5.91 Å². The largest absolute Gasteiger partial charge is 0.497 e. The highest BCUT2D eigenvalue weighted by Gasteiger charge is 2.19. The number of hydrogen-bond donors (Lipinski definition) is 2. The number of carbonyl (C=O) groups is 2. The molecule has 2 aromatic rings. The number of rotatable bonds is 8. The summed E-state index contributed by atoms with van der Waals surface area (Å²) in [6, 6.07) is 12.0. The molecule has 1 amide bonds. The molecule has 0 bridgehead atoms. The van der Waals surface area contributed by atoms with E-state index in [9.17, 15) is 9.59 Å². The molecule has 0 saturated carbocycles. The van der Waals surface area contributed by atoms with Gasteiger partial charge in [-0.1, -0.05) is 30.7 Å². The third-order valence-electron chi connectivity index (χ3n) is 3.79. The highest BCUT2D eigenvalue weighted by atomic mass is 35.5. The summed E-state index contributed by atoms with van der Waals surface area (Å²) in [6.45, 7) is 1.45. The summed E-state index contributed by atoms with van der Waals surface area (Å²) < 4.78 is 10.2. The van der Waals surface area contributed by atoms with Crippen molar-refractivity contribution in [3.63, 3.8) is 0 Å². The summed E-state index contributed by atoms with van der Waals surface area (Å²) in [4.78, 5) is 23.2. The predicted octanol–water partition coefficient (Wildman–Crippen LogP) is 3.94. The molecule has 2 rings (SSSR count). The summed E-state index contributed by atoms with van der Waals surface area (Å²) in [7, 11) is 1.59. The third-order valence-corrected chi connectivity index (χ3v) is 4.09. The highest BCUT2D eigenvalue weighted by molar-refractivity contribution is 6.32. The van der Waals surface area contributed by atoms with Crippen molar-refractivity contribution in [2.45, 2.75) is 19.3 Å². The van der Waals surface area contributed by atoms with Crippen LogP contribution in [0.5, 0.6) is 11.5 Å². The van der Waals surface area contributed by atoms with Crippen molar-refractivity contribution < 1.29 is 24.2 Å². The fraction of sp³-hybridized carbons (Fsp3) is 0.263. The number of nitrogens with one attached hydrogen (secondary N) is 1. The van der Waals surface area contributed by atoms with Gasteiger partial charge in [-0.25, -0.2) is 4.79 Å². The second-order valence-corrected chi connectivity index (χ2v) is 5.96. The molecule has 0 fully saturated rings. The van der Waals surface area contributed by atoms with E-state index in [0.29, 0.717) is 12.1 Å². The van der Waals surface area contributed by atoms with E-state index in [0.717, 1.165) is 11.3 Å². The van der Waals surface area contributed by atoms with Gasteiger partial charge in [0.1, 0.15) is 11.5 Å². The normalized spacial score (nSPS) is 11.5. The van der Waals surface area contributed by atoms with Gasteiger partial charge in [0.25, 0.3) is 0 Å². The van der Waals surface area contributed by atoms with E-state index in [2.05, 4.69) is 5.32 Å². The van der Waals surface area contributed by atoms with E-state index in [4.69, 9.17) is 26.2 Å². The Hall–Kier alpha value is -2.73. The third kappa shape index (κ3) is 5.13. The van der Waals surface area contributed by atoms with Crippen LogP contribution in [0, 0.1) is 0 Å². The van der Waals surface area contributed by atoms with Crippen LogP contribution in [0.4, 0.5) is 5.69 Å². The van der Waals surface area contributed by atoms with Gasteiger partial charge in [-0.15, -0.1) is 0 Å². The van der Waals surface area contributed by atoms with Gasteiger partial charge < -0.3 is 19.9 Å². The number of carboxylic acid groups (broad SMARTS) is 1. The minimum Gasteiger partial charge on any atom is -0.497 e. The minimum absolute atomic E-state index is 0.159. The molecule has 0 radical (unpaired) electrons. The average molecular weight is 378 g/mol. The van der Waals surface area contributed by atoms with Crippen molar-refractivity contribution in [2.24, 2.45) is 0 Å². The van der Waals surface area contributed by atoms with Crippen LogP contribution >= 0.6 is 11.6 Å². The predicted molar refractivity (Wildman–Crippen MR) is 99.2 cm³/mol. The zero-order chi connectivity index (χ0) is 19.1. The molecule has 1 unspecified atom stereocenters. The smallest absolute Gasteiger partial charge is 0.341 e. The molecular weight excluding hydrogens is 358 g/mol. The molecule has 0 heterocycles. The Morgan fingerprint density at radius 1 is 1.19 bits per heavy atom. The lowest BCUT2D eigenvalue weighted by atomic mass is 9.95. The molecule has 26 heavy (non-hydrogen) atoms. The molecule has 2 aromatic carbocycles. The van der Waals surface area contributed by atoms with E-state index in [1.54, 1.807) is 13.2 Å². The number of carboxylic acids is 1. The lowest BCUT2D eigenvalue weighted by Gasteiger charge is -2.16. The summed E-state index contributed by atoms with van der Waals surface area (Å²) in [6.07, 6.45) is 0.631. The van der Waals surface area contributed by atoms with Crippen molar-refractivity contribution in [3.8, 4) is 11.5 Å². The van der Waals surface area contributed by atoms with Crippen molar-refractivity contribution in [2.75, 3.05) is 19.0 Å². The summed E-state index contributed by atoms with van der Waals surface area (Å²) >= 11 is 6.08. The number of amides is 1. The Bertz CT molecular complexity index is 776. The van der Waals surface area contributed by atoms with Gasteiger partial charge in [0.05, 0.1) is 18.1 Å². The van der Waals surface area contributed by atoms with Crippen LogP contribution in [-0.2, 0) is 9.59 Å². The fourth-order valence-electron chi connectivity index (χ4n) is 2.47.